The van der Waals surface area contributed by atoms with Crippen molar-refractivity contribution in [2.75, 3.05) is 13.7 Å². The molecule has 1 fully saturated rings. The summed E-state index contributed by atoms with van der Waals surface area (Å²) in [5.74, 6) is -0.645. The van der Waals surface area contributed by atoms with E-state index < -0.39 is 0 Å². The number of amides is 1. The Balaban J connectivity index is 1.99. The van der Waals surface area contributed by atoms with Crippen molar-refractivity contribution in [2.24, 2.45) is 11.7 Å². The van der Waals surface area contributed by atoms with Crippen molar-refractivity contribution >= 4 is 11.9 Å². The zero-order chi connectivity index (χ0) is 13.8. The molecule has 2 rings (SSSR count). The number of esters is 1. The number of ether oxygens (including phenoxy) is 1. The highest BCUT2D eigenvalue weighted by atomic mass is 16.5. The van der Waals surface area contributed by atoms with Crippen LogP contribution in [0.1, 0.15) is 17.5 Å². The van der Waals surface area contributed by atoms with E-state index in [-0.39, 0.29) is 24.2 Å². The third kappa shape index (κ3) is 3.12. The third-order valence-corrected chi connectivity index (χ3v) is 3.38. The van der Waals surface area contributed by atoms with Crippen molar-refractivity contribution in [1.82, 2.24) is 4.90 Å². The van der Waals surface area contributed by atoms with Gasteiger partial charge >= 0.3 is 5.97 Å². The van der Waals surface area contributed by atoms with Crippen LogP contribution in [-0.2, 0) is 27.4 Å². The van der Waals surface area contributed by atoms with Crippen LogP contribution < -0.4 is 5.73 Å². The van der Waals surface area contributed by atoms with Gasteiger partial charge in [0.2, 0.25) is 5.91 Å². The number of hydrogen-bond donors (Lipinski definition) is 1. The number of nitrogens with zero attached hydrogens (tertiary/aromatic N) is 1. The minimum atomic E-state index is -0.333. The van der Waals surface area contributed by atoms with Crippen LogP contribution in [0.4, 0.5) is 0 Å². The zero-order valence-electron chi connectivity index (χ0n) is 11.0. The molecule has 0 spiro atoms. The molecule has 1 unspecified atom stereocenters. The minimum Gasteiger partial charge on any atom is -0.469 e. The smallest absolute Gasteiger partial charge is 0.310 e. The Morgan fingerprint density at radius 2 is 2.00 bits per heavy atom. The van der Waals surface area contributed by atoms with Crippen LogP contribution in [0.15, 0.2) is 24.3 Å². The molecule has 102 valence electrons. The molecule has 1 heterocycles. The lowest BCUT2D eigenvalue weighted by molar-refractivity contribution is -0.145. The molecule has 1 amide bonds. The van der Waals surface area contributed by atoms with Crippen molar-refractivity contribution in [1.29, 1.82) is 0 Å². The van der Waals surface area contributed by atoms with Crippen LogP contribution in [0.5, 0.6) is 0 Å². The SMILES string of the molecule is COC(=O)C1CC(=O)N(Cc2ccc(CN)cc2)C1. The number of rotatable bonds is 4. The van der Waals surface area contributed by atoms with Crippen LogP contribution in [0.25, 0.3) is 0 Å². The Morgan fingerprint density at radius 3 is 2.58 bits per heavy atom. The minimum absolute atomic E-state index is 0.00157. The topological polar surface area (TPSA) is 72.6 Å². The number of hydrogen-bond acceptors (Lipinski definition) is 4. The Morgan fingerprint density at radius 1 is 1.37 bits per heavy atom. The van der Waals surface area contributed by atoms with Crippen molar-refractivity contribution < 1.29 is 14.3 Å². The first-order valence-corrected chi connectivity index (χ1v) is 6.27. The predicted octanol–water partition coefficient (Wildman–Crippen LogP) is 0.667. The van der Waals surface area contributed by atoms with E-state index in [2.05, 4.69) is 4.74 Å². The molecule has 5 heteroatoms. The third-order valence-electron chi connectivity index (χ3n) is 3.38. The molecule has 5 nitrogen and oxygen atoms in total. The van der Waals surface area contributed by atoms with E-state index in [1.807, 2.05) is 24.3 Å². The normalized spacial score (nSPS) is 18.7. The monoisotopic (exact) mass is 262 g/mol. The van der Waals surface area contributed by atoms with Gasteiger partial charge in [0.1, 0.15) is 0 Å². The van der Waals surface area contributed by atoms with Gasteiger partial charge in [0.05, 0.1) is 13.0 Å². The number of carbonyl (C=O) groups is 2. The Kier molecular flexibility index (Phi) is 4.16. The molecular formula is C14H18N2O3. The molecule has 1 aromatic carbocycles. The Labute approximate surface area is 112 Å². The molecule has 1 aliphatic rings. The first kappa shape index (κ1) is 13.5. The van der Waals surface area contributed by atoms with Gasteiger partial charge in [0, 0.05) is 26.1 Å². The standard InChI is InChI=1S/C14H18N2O3/c1-19-14(18)12-6-13(17)16(9-12)8-11-4-2-10(7-15)3-5-11/h2-5,12H,6-9,15H2,1H3. The summed E-state index contributed by atoms with van der Waals surface area (Å²) in [6, 6.07) is 7.82. The predicted molar refractivity (Wildman–Crippen MR) is 69.9 cm³/mol. The number of benzene rings is 1. The molecule has 0 aliphatic carbocycles. The maximum Gasteiger partial charge on any atom is 0.310 e. The van der Waals surface area contributed by atoms with Crippen LogP contribution >= 0.6 is 0 Å². The number of methoxy groups -OCH3 is 1. The average Bonchev–Trinajstić information content (AvgIpc) is 2.80. The zero-order valence-corrected chi connectivity index (χ0v) is 11.0. The van der Waals surface area contributed by atoms with E-state index in [9.17, 15) is 9.59 Å². The number of likely N-dealkylation sites (tertiary alicyclic amines) is 1. The highest BCUT2D eigenvalue weighted by Gasteiger charge is 2.34. The second kappa shape index (κ2) is 5.84. The summed E-state index contributed by atoms with van der Waals surface area (Å²) < 4.78 is 4.68. The fourth-order valence-electron chi connectivity index (χ4n) is 2.25. The lowest BCUT2D eigenvalue weighted by Gasteiger charge is -2.16. The largest absolute Gasteiger partial charge is 0.469 e. The maximum atomic E-state index is 11.8. The average molecular weight is 262 g/mol. The summed E-state index contributed by atoms with van der Waals surface area (Å²) >= 11 is 0. The number of carbonyl (C=O) groups excluding carboxylic acids is 2. The Bertz CT molecular complexity index is 470. The summed E-state index contributed by atoms with van der Waals surface area (Å²) in [4.78, 5) is 25.0. The summed E-state index contributed by atoms with van der Waals surface area (Å²) in [7, 11) is 1.35. The van der Waals surface area contributed by atoms with E-state index in [0.717, 1.165) is 11.1 Å². The van der Waals surface area contributed by atoms with Gasteiger partial charge in [-0.3, -0.25) is 9.59 Å². The lowest BCUT2D eigenvalue weighted by atomic mass is 10.1. The second-order valence-corrected chi connectivity index (χ2v) is 4.72. The van der Waals surface area contributed by atoms with Crippen LogP contribution in [0, 0.1) is 5.92 Å². The van der Waals surface area contributed by atoms with Gasteiger partial charge in [-0.15, -0.1) is 0 Å². The molecule has 1 aliphatic heterocycles. The van der Waals surface area contributed by atoms with Gasteiger partial charge in [-0.2, -0.15) is 0 Å². The number of nitrogens with two attached hydrogens (primary N) is 1. The van der Waals surface area contributed by atoms with Crippen LogP contribution in [0.3, 0.4) is 0 Å². The quantitative estimate of drug-likeness (QED) is 0.809. The molecule has 1 aromatic rings. The van der Waals surface area contributed by atoms with Crippen molar-refractivity contribution in [3.8, 4) is 0 Å². The van der Waals surface area contributed by atoms with Gasteiger partial charge in [-0.25, -0.2) is 0 Å². The highest BCUT2D eigenvalue weighted by Crippen LogP contribution is 2.21. The lowest BCUT2D eigenvalue weighted by Crippen LogP contribution is -2.26. The van der Waals surface area contributed by atoms with Crippen molar-refractivity contribution in [3.63, 3.8) is 0 Å². The molecule has 1 saturated heterocycles. The van der Waals surface area contributed by atoms with Crippen molar-refractivity contribution in [3.05, 3.63) is 35.4 Å². The van der Waals surface area contributed by atoms with Gasteiger partial charge in [0.15, 0.2) is 0 Å². The molecular weight excluding hydrogens is 244 g/mol. The van der Waals surface area contributed by atoms with Gasteiger partial charge in [-0.1, -0.05) is 24.3 Å². The molecule has 0 bridgehead atoms. The van der Waals surface area contributed by atoms with Crippen LogP contribution in [0.2, 0.25) is 0 Å². The van der Waals surface area contributed by atoms with E-state index in [1.165, 1.54) is 7.11 Å². The second-order valence-electron chi connectivity index (χ2n) is 4.72. The van der Waals surface area contributed by atoms with Crippen molar-refractivity contribution in [2.45, 2.75) is 19.5 Å². The molecule has 19 heavy (non-hydrogen) atoms. The van der Waals surface area contributed by atoms with Gasteiger partial charge < -0.3 is 15.4 Å². The highest BCUT2D eigenvalue weighted by molar-refractivity contribution is 5.86. The van der Waals surface area contributed by atoms with E-state index in [1.54, 1.807) is 4.90 Å². The van der Waals surface area contributed by atoms with Crippen LogP contribution in [-0.4, -0.2) is 30.4 Å². The van der Waals surface area contributed by atoms with Gasteiger partial charge in [-0.05, 0) is 11.1 Å². The molecule has 0 saturated carbocycles. The first-order valence-electron chi connectivity index (χ1n) is 6.27. The summed E-state index contributed by atoms with van der Waals surface area (Å²) in [6.45, 7) is 1.47. The fourth-order valence-corrected chi connectivity index (χ4v) is 2.25. The molecule has 0 radical (unpaired) electrons. The summed E-state index contributed by atoms with van der Waals surface area (Å²) in [6.07, 6.45) is 0.244. The molecule has 1 atom stereocenters. The fraction of sp³-hybridized carbons (Fsp3) is 0.429. The van der Waals surface area contributed by atoms with E-state index >= 15 is 0 Å². The van der Waals surface area contributed by atoms with Gasteiger partial charge in [0.25, 0.3) is 0 Å². The van der Waals surface area contributed by atoms with E-state index in [0.29, 0.717) is 19.6 Å². The summed E-state index contributed by atoms with van der Waals surface area (Å²) in [5, 5.41) is 0. The molecule has 0 aromatic heterocycles. The summed E-state index contributed by atoms with van der Waals surface area (Å²) in [5.41, 5.74) is 7.63. The Hall–Kier alpha value is -1.88. The van der Waals surface area contributed by atoms with E-state index in [4.69, 9.17) is 5.73 Å². The maximum absolute atomic E-state index is 11.8. The first-order chi connectivity index (χ1) is 9.13. The molecule has 2 N–H and O–H groups in total.